The monoisotopic (exact) mass is 482 g/mol. The van der Waals surface area contributed by atoms with E-state index in [-0.39, 0.29) is 28.7 Å². The third-order valence-electron chi connectivity index (χ3n) is 3.47. The van der Waals surface area contributed by atoms with E-state index in [2.05, 4.69) is 29.1 Å². The van der Waals surface area contributed by atoms with Gasteiger partial charge in [-0.05, 0) is 40.8 Å². The first-order valence-corrected chi connectivity index (χ1v) is 9.04. The van der Waals surface area contributed by atoms with Gasteiger partial charge in [0.15, 0.2) is 5.96 Å². The van der Waals surface area contributed by atoms with Gasteiger partial charge in [0, 0.05) is 36.7 Å². The summed E-state index contributed by atoms with van der Waals surface area (Å²) in [5, 5.41) is 3.29. The number of halogens is 4. The normalized spacial score (nSPS) is 18.5. The number of thioether (sulfide) groups is 1. The van der Waals surface area contributed by atoms with Gasteiger partial charge >= 0.3 is 6.18 Å². The molecule has 0 unspecified atom stereocenters. The first-order valence-electron chi connectivity index (χ1n) is 8.05. The molecule has 9 heteroatoms. The van der Waals surface area contributed by atoms with Gasteiger partial charge < -0.3 is 10.2 Å². The van der Waals surface area contributed by atoms with Crippen LogP contribution in [0, 0.1) is 0 Å². The third-order valence-corrected chi connectivity index (χ3v) is 4.77. The predicted octanol–water partition coefficient (Wildman–Crippen LogP) is 3.28. The molecule has 1 fully saturated rings. The van der Waals surface area contributed by atoms with Crippen molar-refractivity contribution in [2.45, 2.75) is 38.1 Å². The van der Waals surface area contributed by atoms with Crippen LogP contribution in [-0.2, 0) is 0 Å². The van der Waals surface area contributed by atoms with Gasteiger partial charge in [0.05, 0.1) is 6.54 Å². The fraction of sp³-hybridized carbons (Fsp3) is 0.933. The van der Waals surface area contributed by atoms with Crippen LogP contribution < -0.4 is 5.32 Å². The predicted molar refractivity (Wildman–Crippen MR) is 108 cm³/mol. The van der Waals surface area contributed by atoms with Crippen LogP contribution in [0.15, 0.2) is 4.99 Å². The summed E-state index contributed by atoms with van der Waals surface area (Å²) in [6, 6.07) is 0. The van der Waals surface area contributed by atoms with Crippen molar-refractivity contribution in [3.8, 4) is 0 Å². The first-order chi connectivity index (χ1) is 10.6. The van der Waals surface area contributed by atoms with E-state index in [1.807, 2.05) is 18.7 Å². The number of aliphatic imine (C=N–C) groups is 1. The van der Waals surface area contributed by atoms with Gasteiger partial charge in [-0.2, -0.15) is 24.9 Å². The molecule has 0 aromatic heterocycles. The number of rotatable bonds is 6. The summed E-state index contributed by atoms with van der Waals surface area (Å²) in [7, 11) is 1.49. The number of alkyl halides is 3. The van der Waals surface area contributed by atoms with Gasteiger partial charge in [-0.15, -0.1) is 24.0 Å². The van der Waals surface area contributed by atoms with E-state index in [0.717, 1.165) is 31.3 Å². The van der Waals surface area contributed by atoms with Gasteiger partial charge in [-0.25, -0.2) is 0 Å². The molecule has 0 atom stereocenters. The Morgan fingerprint density at radius 3 is 2.58 bits per heavy atom. The maximum atomic E-state index is 12.3. The molecule has 0 radical (unpaired) electrons. The molecular weight excluding hydrogens is 452 g/mol. The number of hydrogen-bond donors (Lipinski definition) is 1. The highest BCUT2D eigenvalue weighted by Crippen LogP contribution is 2.29. The molecule has 0 saturated carbocycles. The van der Waals surface area contributed by atoms with Crippen molar-refractivity contribution in [1.82, 2.24) is 15.1 Å². The van der Waals surface area contributed by atoms with E-state index in [1.54, 1.807) is 0 Å². The van der Waals surface area contributed by atoms with Crippen molar-refractivity contribution in [1.29, 1.82) is 0 Å². The maximum Gasteiger partial charge on any atom is 0.401 e. The Morgan fingerprint density at radius 1 is 1.38 bits per heavy atom. The molecule has 4 nitrogen and oxygen atoms in total. The van der Waals surface area contributed by atoms with E-state index in [0.29, 0.717) is 19.5 Å². The fourth-order valence-electron chi connectivity index (χ4n) is 2.53. The summed E-state index contributed by atoms with van der Waals surface area (Å²) in [5.41, 5.74) is 0. The minimum absolute atomic E-state index is 0. The molecule has 1 aliphatic heterocycles. The molecule has 0 aromatic carbocycles. The van der Waals surface area contributed by atoms with Crippen LogP contribution in [0.2, 0.25) is 0 Å². The smallest absolute Gasteiger partial charge is 0.357 e. The van der Waals surface area contributed by atoms with Gasteiger partial charge in [0.2, 0.25) is 0 Å². The van der Waals surface area contributed by atoms with Crippen molar-refractivity contribution < 1.29 is 13.2 Å². The standard InChI is InChI=1S/C15H29F3N4S.HI/c1-5-19-13(22-9-10-23-14(2,3)11-22)20-7-6-8-21(4)12-15(16,17)18;/h5-12H2,1-4H3,(H,19,20);1H. The molecule has 24 heavy (non-hydrogen) atoms. The summed E-state index contributed by atoms with van der Waals surface area (Å²) in [6.45, 7) is 9.20. The molecule has 1 saturated heterocycles. The second-order valence-corrected chi connectivity index (χ2v) is 8.27. The molecule has 0 aliphatic carbocycles. The molecule has 1 rings (SSSR count). The Hall–Kier alpha value is 0.1000. The van der Waals surface area contributed by atoms with E-state index in [4.69, 9.17) is 0 Å². The molecule has 0 bridgehead atoms. The van der Waals surface area contributed by atoms with Gasteiger partial charge in [-0.3, -0.25) is 9.89 Å². The van der Waals surface area contributed by atoms with E-state index in [9.17, 15) is 13.2 Å². The van der Waals surface area contributed by atoms with Crippen LogP contribution in [0.5, 0.6) is 0 Å². The lowest BCUT2D eigenvalue weighted by molar-refractivity contribution is -0.143. The summed E-state index contributed by atoms with van der Waals surface area (Å²) in [5.74, 6) is 1.94. The largest absolute Gasteiger partial charge is 0.401 e. The van der Waals surface area contributed by atoms with Crippen molar-refractivity contribution in [2.24, 2.45) is 4.99 Å². The number of hydrogen-bond acceptors (Lipinski definition) is 3. The minimum Gasteiger partial charge on any atom is -0.357 e. The van der Waals surface area contributed by atoms with Crippen molar-refractivity contribution >= 4 is 41.7 Å². The van der Waals surface area contributed by atoms with Crippen molar-refractivity contribution in [3.05, 3.63) is 0 Å². The molecule has 1 N–H and O–H groups in total. The summed E-state index contributed by atoms with van der Waals surface area (Å²) >= 11 is 1.96. The SMILES string of the molecule is CCNC(=NCCCN(C)CC(F)(F)F)N1CCSC(C)(C)C1.I. The average molecular weight is 482 g/mol. The van der Waals surface area contributed by atoms with Crippen LogP contribution >= 0.6 is 35.7 Å². The van der Waals surface area contributed by atoms with Crippen LogP contribution in [-0.4, -0.2) is 78.8 Å². The highest BCUT2D eigenvalue weighted by Gasteiger charge is 2.29. The Kier molecular flexibility index (Phi) is 11.0. The second kappa shape index (κ2) is 10.9. The fourth-order valence-corrected chi connectivity index (χ4v) is 3.65. The van der Waals surface area contributed by atoms with Crippen LogP contribution in [0.3, 0.4) is 0 Å². The third kappa shape index (κ3) is 10.2. The lowest BCUT2D eigenvalue weighted by atomic mass is 10.2. The minimum atomic E-state index is -4.13. The van der Waals surface area contributed by atoms with E-state index >= 15 is 0 Å². The van der Waals surface area contributed by atoms with Crippen LogP contribution in [0.25, 0.3) is 0 Å². The molecule has 144 valence electrons. The topological polar surface area (TPSA) is 30.9 Å². The quantitative estimate of drug-likeness (QED) is 0.273. The van der Waals surface area contributed by atoms with Gasteiger partial charge in [0.25, 0.3) is 0 Å². The zero-order chi connectivity index (χ0) is 17.5. The number of nitrogens with zero attached hydrogens (tertiary/aromatic N) is 3. The summed E-state index contributed by atoms with van der Waals surface area (Å²) in [4.78, 5) is 8.13. The van der Waals surface area contributed by atoms with Crippen molar-refractivity contribution in [2.75, 3.05) is 52.1 Å². The van der Waals surface area contributed by atoms with Crippen molar-refractivity contribution in [3.63, 3.8) is 0 Å². The molecule has 1 aliphatic rings. The molecule has 1 heterocycles. The Morgan fingerprint density at radius 2 is 2.04 bits per heavy atom. The maximum absolute atomic E-state index is 12.3. The zero-order valence-electron chi connectivity index (χ0n) is 14.9. The first kappa shape index (κ1) is 24.1. The molecule has 0 spiro atoms. The zero-order valence-corrected chi connectivity index (χ0v) is 18.1. The van der Waals surface area contributed by atoms with Crippen LogP contribution in [0.1, 0.15) is 27.2 Å². The molecular formula is C15H30F3IN4S. The van der Waals surface area contributed by atoms with E-state index in [1.165, 1.54) is 11.9 Å². The highest BCUT2D eigenvalue weighted by atomic mass is 127. The summed E-state index contributed by atoms with van der Waals surface area (Å²) < 4.78 is 37.0. The summed E-state index contributed by atoms with van der Waals surface area (Å²) in [6.07, 6.45) is -3.52. The molecule has 0 aromatic rings. The Labute approximate surface area is 165 Å². The second-order valence-electron chi connectivity index (χ2n) is 6.47. The average Bonchev–Trinajstić information content (AvgIpc) is 2.39. The highest BCUT2D eigenvalue weighted by molar-refractivity contribution is 14.0. The van der Waals surface area contributed by atoms with E-state index < -0.39 is 12.7 Å². The Balaban J connectivity index is 0.00000529. The van der Waals surface area contributed by atoms with Gasteiger partial charge in [0.1, 0.15) is 0 Å². The van der Waals surface area contributed by atoms with Gasteiger partial charge in [-0.1, -0.05) is 0 Å². The lowest BCUT2D eigenvalue weighted by Crippen LogP contribution is -2.51. The number of nitrogens with one attached hydrogen (secondary N) is 1. The Bertz CT molecular complexity index is 391. The number of guanidine groups is 1. The molecule has 0 amide bonds. The lowest BCUT2D eigenvalue weighted by Gasteiger charge is -2.39. The van der Waals surface area contributed by atoms with Crippen LogP contribution in [0.4, 0.5) is 13.2 Å².